The Kier molecular flexibility index (Phi) is 17.3. The third-order valence-electron chi connectivity index (χ3n) is 23.7. The van der Waals surface area contributed by atoms with E-state index < -0.39 is 0 Å². The first-order valence-electron chi connectivity index (χ1n) is 41.2. The Bertz CT molecular complexity index is 8030. The highest BCUT2D eigenvalue weighted by Gasteiger charge is 2.24. The van der Waals surface area contributed by atoms with Gasteiger partial charge < -0.3 is 18.3 Å². The summed E-state index contributed by atoms with van der Waals surface area (Å²) in [5.74, 6) is 3.85. The van der Waals surface area contributed by atoms with Crippen molar-refractivity contribution in [2.75, 3.05) is 0 Å². The first-order valence-corrected chi connectivity index (χ1v) is 41.2. The molecule has 6 heterocycles. The third-order valence-corrected chi connectivity index (χ3v) is 23.7. The molecule has 10 nitrogen and oxygen atoms in total. The molecule has 0 spiro atoms. The quantitative estimate of drug-likeness (QED) is 0.114. The van der Waals surface area contributed by atoms with Crippen LogP contribution in [0.1, 0.15) is 0 Å². The Hall–Kier alpha value is -16.6. The van der Waals surface area contributed by atoms with Crippen molar-refractivity contribution in [2.45, 2.75) is 0 Å². The maximum Gasteiger partial charge on any atom is 0.164 e. The van der Waals surface area contributed by atoms with Gasteiger partial charge in [0.25, 0.3) is 0 Å². The SMILES string of the molecule is c1ccc(-c2nc(-c3ccccc3)nc(-c3ccc(-n4c5ccccc5c5c(-c6ccc7c(c6)c6c8ccccc8ccc6n7-c6ccccc6)cccc54)cc3)n2)cc1.c1ccc(-c2nc(-c3ccccc3)nc(-c3cccc(-n4c5ccccc5c5cc(-c6ccc(-c7ccc8c(c7)c7ccccc7n8-c7ccccc7)cc6)ccc54)c3)n2)cc1. The number of fused-ring (bicyclic) bond motifs is 14. The van der Waals surface area contributed by atoms with E-state index in [1.54, 1.807) is 0 Å². The van der Waals surface area contributed by atoms with E-state index in [4.69, 9.17) is 29.9 Å². The van der Waals surface area contributed by atoms with Crippen LogP contribution in [-0.2, 0) is 0 Å². The van der Waals surface area contributed by atoms with Gasteiger partial charge in [0.05, 0.1) is 44.1 Å². The molecule has 0 N–H and O–H groups in total. The lowest BCUT2D eigenvalue weighted by atomic mass is 9.97. The zero-order valence-corrected chi connectivity index (χ0v) is 66.0. The minimum Gasteiger partial charge on any atom is -0.309 e. The molecule has 6 aromatic heterocycles. The molecule has 0 unspecified atom stereocenters. The van der Waals surface area contributed by atoms with Crippen LogP contribution < -0.4 is 0 Å². The molecule has 0 aliphatic rings. The average Bonchev–Trinajstić information content (AvgIpc) is 1.57. The molecule has 570 valence electrons. The van der Waals surface area contributed by atoms with Crippen LogP contribution in [0.15, 0.2) is 437 Å². The van der Waals surface area contributed by atoms with Gasteiger partial charge in [-0.3, -0.25) is 0 Å². The lowest BCUT2D eigenvalue weighted by Crippen LogP contribution is -2.01. The predicted octanol–water partition coefficient (Wildman–Crippen LogP) is 28.3. The number of benzene rings is 18. The summed E-state index contributed by atoms with van der Waals surface area (Å²) >= 11 is 0. The van der Waals surface area contributed by atoms with E-state index in [0.29, 0.717) is 34.9 Å². The number of hydrogen-bond donors (Lipinski definition) is 0. The lowest BCUT2D eigenvalue weighted by molar-refractivity contribution is 1.07. The Balaban J connectivity index is 0.000000142. The van der Waals surface area contributed by atoms with Crippen LogP contribution in [0.25, 0.3) is 222 Å². The number of rotatable bonds is 13. The van der Waals surface area contributed by atoms with Gasteiger partial charge in [0, 0.05) is 99.2 Å². The van der Waals surface area contributed by atoms with Gasteiger partial charge in [-0.1, -0.05) is 309 Å². The van der Waals surface area contributed by atoms with Gasteiger partial charge in [0.2, 0.25) is 0 Å². The summed E-state index contributed by atoms with van der Waals surface area (Å²) in [6.45, 7) is 0. The molecule has 24 rings (SSSR count). The summed E-state index contributed by atoms with van der Waals surface area (Å²) in [7, 11) is 0. The fourth-order valence-electron chi connectivity index (χ4n) is 18.1. The Labute approximate surface area is 702 Å². The molecule has 0 saturated heterocycles. The van der Waals surface area contributed by atoms with E-state index in [-0.39, 0.29) is 0 Å². The Morgan fingerprint density at radius 2 is 0.434 bits per heavy atom. The van der Waals surface area contributed by atoms with Crippen molar-refractivity contribution in [1.82, 2.24) is 48.2 Å². The van der Waals surface area contributed by atoms with E-state index in [1.165, 1.54) is 115 Å². The van der Waals surface area contributed by atoms with E-state index in [2.05, 4.69) is 334 Å². The third kappa shape index (κ3) is 12.4. The van der Waals surface area contributed by atoms with Crippen LogP contribution in [0.3, 0.4) is 0 Å². The molecular weight excluding hydrogens is 1490 g/mol. The van der Waals surface area contributed by atoms with Crippen LogP contribution in [0.4, 0.5) is 0 Å². The maximum atomic E-state index is 5.02. The molecule has 0 bridgehead atoms. The monoisotopic (exact) mass is 1560 g/mol. The van der Waals surface area contributed by atoms with E-state index in [9.17, 15) is 0 Å². The largest absolute Gasteiger partial charge is 0.309 e. The second kappa shape index (κ2) is 29.9. The number of nitrogens with zero attached hydrogens (tertiary/aromatic N) is 10. The fraction of sp³-hybridized carbons (Fsp3) is 0. The van der Waals surface area contributed by atoms with Crippen LogP contribution in [0, 0.1) is 0 Å². The van der Waals surface area contributed by atoms with Crippen molar-refractivity contribution in [2.24, 2.45) is 0 Å². The lowest BCUT2D eigenvalue weighted by Gasteiger charge is -2.12. The Morgan fingerprint density at radius 1 is 0.139 bits per heavy atom. The van der Waals surface area contributed by atoms with Crippen molar-refractivity contribution < 1.29 is 0 Å². The van der Waals surface area contributed by atoms with E-state index >= 15 is 0 Å². The minimum atomic E-state index is 0.630. The van der Waals surface area contributed by atoms with Gasteiger partial charge in [-0.2, -0.15) is 0 Å². The highest BCUT2D eigenvalue weighted by molar-refractivity contribution is 6.23. The van der Waals surface area contributed by atoms with Crippen LogP contribution >= 0.6 is 0 Å². The van der Waals surface area contributed by atoms with Crippen molar-refractivity contribution in [1.29, 1.82) is 0 Å². The molecule has 0 aliphatic carbocycles. The zero-order valence-electron chi connectivity index (χ0n) is 66.0. The molecule has 0 radical (unpaired) electrons. The van der Waals surface area contributed by atoms with Gasteiger partial charge in [0.1, 0.15) is 0 Å². The highest BCUT2D eigenvalue weighted by Crippen LogP contribution is 2.45. The van der Waals surface area contributed by atoms with Gasteiger partial charge >= 0.3 is 0 Å². The molecule has 0 fully saturated rings. The zero-order chi connectivity index (χ0) is 80.6. The van der Waals surface area contributed by atoms with Gasteiger partial charge in [-0.25, -0.2) is 29.9 Å². The predicted molar refractivity (Wildman–Crippen MR) is 503 cm³/mol. The molecule has 0 aliphatic heterocycles. The smallest absolute Gasteiger partial charge is 0.164 e. The second-order valence-corrected chi connectivity index (χ2v) is 30.9. The number of hydrogen-bond acceptors (Lipinski definition) is 6. The summed E-state index contributed by atoms with van der Waals surface area (Å²) in [5, 5.41) is 12.4. The fourth-order valence-corrected chi connectivity index (χ4v) is 18.1. The van der Waals surface area contributed by atoms with Crippen LogP contribution in [0.5, 0.6) is 0 Å². The molecule has 10 heteroatoms. The van der Waals surface area contributed by atoms with Crippen molar-refractivity contribution in [3.8, 4) is 124 Å². The standard InChI is InChI=1S/C57H37N5.C55H35N5/c1-4-15-40(16-5-1)55-58-56(41-17-6-2-7-18-41)60-57(59-55)44-19-14-22-46(35-44)62-52-26-13-11-24-48(52)50-37-43(32-34-54(50)62)39-29-27-38(28-30-39)42-31-33-53-49(36-42)47-23-10-12-25-51(47)61(53)45-20-8-3-9-21-45;1-4-16-37(17-5-1)53-56-54(38-18-6-2-7-19-38)58-55(57-53)39-27-31-42(32-28-39)60-47-25-13-12-23-45(47)51-44(24-14-26-49(51)60)40-30-33-48-46(35-40)52-43-22-11-10-15-36(43)29-34-50(52)59(48)41-20-8-3-9-21-41/h1-37H;1-35H. The number of para-hydroxylation sites is 5. The van der Waals surface area contributed by atoms with Crippen LogP contribution in [-0.4, -0.2) is 48.2 Å². The summed E-state index contributed by atoms with van der Waals surface area (Å²) < 4.78 is 9.49. The average molecular weight is 1560 g/mol. The molecule has 18 aromatic carbocycles. The van der Waals surface area contributed by atoms with Gasteiger partial charge in [0.15, 0.2) is 34.9 Å². The summed E-state index contributed by atoms with van der Waals surface area (Å²) in [6.07, 6.45) is 0. The van der Waals surface area contributed by atoms with E-state index in [0.717, 1.165) is 72.5 Å². The molecule has 0 saturated carbocycles. The van der Waals surface area contributed by atoms with Crippen LogP contribution in [0.2, 0.25) is 0 Å². The summed E-state index contributed by atoms with van der Waals surface area (Å²) in [5.41, 5.74) is 26.6. The van der Waals surface area contributed by atoms with Crippen molar-refractivity contribution >= 4 is 98.0 Å². The maximum absolute atomic E-state index is 5.02. The van der Waals surface area contributed by atoms with Crippen molar-refractivity contribution in [3.05, 3.63) is 437 Å². The molecule has 24 aromatic rings. The normalized spacial score (nSPS) is 11.6. The second-order valence-electron chi connectivity index (χ2n) is 30.9. The van der Waals surface area contributed by atoms with Gasteiger partial charge in [-0.15, -0.1) is 0 Å². The van der Waals surface area contributed by atoms with Gasteiger partial charge in [-0.05, 0) is 172 Å². The highest BCUT2D eigenvalue weighted by atomic mass is 15.1. The van der Waals surface area contributed by atoms with Crippen molar-refractivity contribution in [3.63, 3.8) is 0 Å². The Morgan fingerprint density at radius 3 is 0.926 bits per heavy atom. The molecule has 0 atom stereocenters. The molecule has 122 heavy (non-hydrogen) atoms. The topological polar surface area (TPSA) is 97.1 Å². The minimum absolute atomic E-state index is 0.630. The number of aromatic nitrogens is 10. The molecule has 0 amide bonds. The molecular formula is C112H72N10. The first kappa shape index (κ1) is 70.8. The summed E-state index contributed by atoms with van der Waals surface area (Å²) in [4.78, 5) is 29.8. The summed E-state index contributed by atoms with van der Waals surface area (Å²) in [6, 6.07) is 155. The van der Waals surface area contributed by atoms with E-state index in [1.807, 2.05) is 121 Å². The first-order chi connectivity index (χ1) is 60.5.